The zero-order valence-corrected chi connectivity index (χ0v) is 10.6. The Morgan fingerprint density at radius 2 is 2.38 bits per heavy atom. The minimum absolute atomic E-state index is 0.339. The summed E-state index contributed by atoms with van der Waals surface area (Å²) < 4.78 is 5.55. The van der Waals surface area contributed by atoms with Gasteiger partial charge in [-0.15, -0.1) is 11.3 Å². The molecule has 0 amide bonds. The molecule has 1 atom stereocenters. The van der Waals surface area contributed by atoms with Crippen molar-refractivity contribution in [2.45, 2.75) is 25.2 Å². The molecular weight excluding hydrogens is 218 g/mol. The number of rotatable bonds is 2. The molecule has 0 aromatic carbocycles. The van der Waals surface area contributed by atoms with Crippen LogP contribution in [0.15, 0.2) is 11.4 Å². The van der Waals surface area contributed by atoms with Crippen molar-refractivity contribution in [3.05, 3.63) is 21.9 Å². The normalized spacial score (nSPS) is 28.7. The van der Waals surface area contributed by atoms with E-state index in [1.165, 1.54) is 31.5 Å². The van der Waals surface area contributed by atoms with E-state index in [9.17, 15) is 0 Å². The molecule has 88 valence electrons. The molecule has 2 saturated heterocycles. The van der Waals surface area contributed by atoms with Gasteiger partial charge in [-0.3, -0.25) is 0 Å². The van der Waals surface area contributed by atoms with Crippen molar-refractivity contribution in [3.63, 3.8) is 0 Å². The first-order chi connectivity index (χ1) is 7.83. The zero-order valence-electron chi connectivity index (χ0n) is 9.79. The van der Waals surface area contributed by atoms with Crippen LogP contribution in [0.3, 0.4) is 0 Å². The molecule has 0 bridgehead atoms. The van der Waals surface area contributed by atoms with Gasteiger partial charge in [0.2, 0.25) is 0 Å². The first-order valence-corrected chi connectivity index (χ1v) is 7.04. The fraction of sp³-hybridized carbons (Fsp3) is 0.692. The van der Waals surface area contributed by atoms with E-state index in [1.54, 1.807) is 4.88 Å². The molecule has 3 rings (SSSR count). The number of ether oxygens (including phenoxy) is 1. The third-order valence-corrected chi connectivity index (χ3v) is 5.35. The van der Waals surface area contributed by atoms with Gasteiger partial charge in [-0.05, 0) is 55.8 Å². The molecule has 1 unspecified atom stereocenters. The number of aryl methyl sites for hydroxylation is 1. The van der Waals surface area contributed by atoms with Crippen molar-refractivity contribution < 1.29 is 4.74 Å². The van der Waals surface area contributed by atoms with E-state index in [1.807, 2.05) is 11.3 Å². The molecular formula is C13H19NOS. The van der Waals surface area contributed by atoms with E-state index in [2.05, 4.69) is 23.7 Å². The second-order valence-corrected chi connectivity index (χ2v) is 6.04. The minimum atomic E-state index is 0.339. The summed E-state index contributed by atoms with van der Waals surface area (Å²) in [5.41, 5.74) is 1.80. The third-order valence-electron chi connectivity index (χ3n) is 4.11. The Kier molecular flexibility index (Phi) is 2.78. The summed E-state index contributed by atoms with van der Waals surface area (Å²) >= 11 is 1.92. The van der Waals surface area contributed by atoms with Gasteiger partial charge >= 0.3 is 0 Å². The molecule has 1 aromatic heterocycles. The topological polar surface area (TPSA) is 21.3 Å². The fourth-order valence-electron chi connectivity index (χ4n) is 3.08. The van der Waals surface area contributed by atoms with Gasteiger partial charge in [0.15, 0.2) is 0 Å². The van der Waals surface area contributed by atoms with Crippen LogP contribution in [0, 0.1) is 12.8 Å². The highest BCUT2D eigenvalue weighted by Crippen LogP contribution is 2.45. The Morgan fingerprint density at radius 3 is 2.88 bits per heavy atom. The highest BCUT2D eigenvalue weighted by atomic mass is 32.1. The van der Waals surface area contributed by atoms with Crippen LogP contribution in [-0.4, -0.2) is 26.3 Å². The van der Waals surface area contributed by atoms with Crippen LogP contribution >= 0.6 is 11.3 Å². The lowest BCUT2D eigenvalue weighted by Gasteiger charge is -2.48. The number of hydrogen-bond donors (Lipinski definition) is 1. The van der Waals surface area contributed by atoms with E-state index in [0.29, 0.717) is 5.41 Å². The summed E-state index contributed by atoms with van der Waals surface area (Å²) in [6.45, 7) is 6.46. The van der Waals surface area contributed by atoms with Crippen molar-refractivity contribution in [1.82, 2.24) is 5.32 Å². The Labute approximate surface area is 101 Å². The molecule has 2 aliphatic heterocycles. The van der Waals surface area contributed by atoms with Crippen LogP contribution in [-0.2, 0) is 10.2 Å². The number of piperidine rings is 1. The van der Waals surface area contributed by atoms with E-state index in [4.69, 9.17) is 4.74 Å². The lowest BCUT2D eigenvalue weighted by atomic mass is 9.69. The molecule has 0 radical (unpaired) electrons. The van der Waals surface area contributed by atoms with Crippen LogP contribution in [0.25, 0.3) is 0 Å². The monoisotopic (exact) mass is 237 g/mol. The van der Waals surface area contributed by atoms with Crippen molar-refractivity contribution in [2.24, 2.45) is 5.92 Å². The number of hydrogen-bond acceptors (Lipinski definition) is 3. The lowest BCUT2D eigenvalue weighted by Crippen LogP contribution is -2.56. The summed E-state index contributed by atoms with van der Waals surface area (Å²) in [6.07, 6.45) is 2.67. The molecule has 1 aromatic rings. The van der Waals surface area contributed by atoms with E-state index >= 15 is 0 Å². The maximum absolute atomic E-state index is 5.55. The Morgan fingerprint density at radius 1 is 1.50 bits per heavy atom. The molecule has 3 heterocycles. The molecule has 1 N–H and O–H groups in total. The summed E-state index contributed by atoms with van der Waals surface area (Å²) in [4.78, 5) is 1.58. The highest BCUT2D eigenvalue weighted by molar-refractivity contribution is 7.10. The second kappa shape index (κ2) is 4.13. The van der Waals surface area contributed by atoms with Crippen LogP contribution in [0.2, 0.25) is 0 Å². The molecule has 2 nitrogen and oxygen atoms in total. The van der Waals surface area contributed by atoms with Gasteiger partial charge in [0.05, 0.1) is 18.6 Å². The quantitative estimate of drug-likeness (QED) is 0.852. The maximum Gasteiger partial charge on any atom is 0.0596 e. The third kappa shape index (κ3) is 1.53. The van der Waals surface area contributed by atoms with Gasteiger partial charge in [-0.25, -0.2) is 0 Å². The molecule has 16 heavy (non-hydrogen) atoms. The molecule has 2 fully saturated rings. The molecule has 0 spiro atoms. The fourth-order valence-corrected chi connectivity index (χ4v) is 4.26. The molecule has 3 heteroatoms. The molecule has 2 aliphatic rings. The first-order valence-electron chi connectivity index (χ1n) is 6.16. The van der Waals surface area contributed by atoms with Crippen LogP contribution < -0.4 is 5.32 Å². The van der Waals surface area contributed by atoms with Gasteiger partial charge < -0.3 is 10.1 Å². The Hall–Kier alpha value is -0.380. The first kappa shape index (κ1) is 10.8. The van der Waals surface area contributed by atoms with Crippen LogP contribution in [0.4, 0.5) is 0 Å². The molecule has 0 saturated carbocycles. The van der Waals surface area contributed by atoms with Gasteiger partial charge in [0.25, 0.3) is 0 Å². The summed E-state index contributed by atoms with van der Waals surface area (Å²) in [6, 6.07) is 2.25. The lowest BCUT2D eigenvalue weighted by molar-refractivity contribution is -0.0931. The van der Waals surface area contributed by atoms with Crippen molar-refractivity contribution in [1.29, 1.82) is 0 Å². The van der Waals surface area contributed by atoms with Crippen molar-refractivity contribution in [2.75, 3.05) is 26.3 Å². The van der Waals surface area contributed by atoms with Gasteiger partial charge in [0.1, 0.15) is 0 Å². The second-order valence-electron chi connectivity index (χ2n) is 5.12. The number of thiophene rings is 1. The summed E-state index contributed by atoms with van der Waals surface area (Å²) in [5.74, 6) is 0.771. The van der Waals surface area contributed by atoms with Gasteiger partial charge in [0, 0.05) is 4.88 Å². The average molecular weight is 237 g/mol. The maximum atomic E-state index is 5.55. The number of nitrogens with one attached hydrogen (secondary N) is 1. The smallest absolute Gasteiger partial charge is 0.0596 e. The average Bonchev–Trinajstić information content (AvgIpc) is 2.66. The van der Waals surface area contributed by atoms with Crippen LogP contribution in [0.5, 0.6) is 0 Å². The minimum Gasteiger partial charge on any atom is -0.379 e. The van der Waals surface area contributed by atoms with E-state index < -0.39 is 0 Å². The Balaban J connectivity index is 1.90. The van der Waals surface area contributed by atoms with Crippen molar-refractivity contribution in [3.8, 4) is 0 Å². The van der Waals surface area contributed by atoms with Crippen molar-refractivity contribution >= 4 is 11.3 Å². The highest BCUT2D eigenvalue weighted by Gasteiger charge is 2.48. The van der Waals surface area contributed by atoms with E-state index in [0.717, 1.165) is 19.1 Å². The standard InChI is InChI=1S/C13H19NOS/c1-10-4-6-16-12(10)13(8-15-9-13)11-3-2-5-14-7-11/h4,6,11,14H,2-3,5,7-9H2,1H3. The largest absolute Gasteiger partial charge is 0.379 e. The predicted molar refractivity (Wildman–Crippen MR) is 67.1 cm³/mol. The summed E-state index contributed by atoms with van der Waals surface area (Å²) in [5, 5.41) is 5.76. The Bertz CT molecular complexity index is 364. The van der Waals surface area contributed by atoms with Crippen LogP contribution in [0.1, 0.15) is 23.3 Å². The van der Waals surface area contributed by atoms with E-state index in [-0.39, 0.29) is 0 Å². The predicted octanol–water partition coefficient (Wildman–Crippen LogP) is 2.32. The molecule has 0 aliphatic carbocycles. The zero-order chi connectivity index (χ0) is 11.0. The SMILES string of the molecule is Cc1ccsc1C1(C2CCCNC2)COC1. The van der Waals surface area contributed by atoms with Gasteiger partial charge in [-0.1, -0.05) is 0 Å². The summed E-state index contributed by atoms with van der Waals surface area (Å²) in [7, 11) is 0. The van der Waals surface area contributed by atoms with Gasteiger partial charge in [-0.2, -0.15) is 0 Å².